The molecule has 1 aliphatic rings. The van der Waals surface area contributed by atoms with Crippen molar-refractivity contribution in [2.45, 2.75) is 52.4 Å². The summed E-state index contributed by atoms with van der Waals surface area (Å²) in [5, 5.41) is 3.51. The van der Waals surface area contributed by atoms with Gasteiger partial charge in [-0.1, -0.05) is 20.8 Å². The van der Waals surface area contributed by atoms with Gasteiger partial charge in [0, 0.05) is 12.6 Å². The summed E-state index contributed by atoms with van der Waals surface area (Å²) in [6.07, 6.45) is 3.07. The Hall–Kier alpha value is -0.800. The minimum absolute atomic E-state index is 0.0334. The fourth-order valence-corrected chi connectivity index (χ4v) is 2.37. The van der Waals surface area contributed by atoms with Crippen LogP contribution in [0.1, 0.15) is 46.0 Å². The molecule has 0 saturated carbocycles. The first-order chi connectivity index (χ1) is 7.96. The van der Waals surface area contributed by atoms with Crippen LogP contribution in [0.5, 0.6) is 0 Å². The van der Waals surface area contributed by atoms with Gasteiger partial charge in [0.1, 0.15) is 11.9 Å². The molecule has 1 aromatic rings. The van der Waals surface area contributed by atoms with Crippen molar-refractivity contribution in [2.24, 2.45) is 5.41 Å². The Labute approximate surface area is 104 Å². The van der Waals surface area contributed by atoms with Crippen LogP contribution < -0.4 is 5.32 Å². The van der Waals surface area contributed by atoms with Gasteiger partial charge < -0.3 is 14.5 Å². The summed E-state index contributed by atoms with van der Waals surface area (Å²) in [6.45, 7) is 9.80. The SMILES string of the molecule is CC1NCC(CC(C)(C)C)OC1c1ccco1. The Balaban J connectivity index is 2.02. The molecular formula is C14H23NO2. The van der Waals surface area contributed by atoms with E-state index in [1.165, 1.54) is 0 Å². The second kappa shape index (κ2) is 4.83. The summed E-state index contributed by atoms with van der Waals surface area (Å²) >= 11 is 0. The summed E-state index contributed by atoms with van der Waals surface area (Å²) < 4.78 is 11.6. The molecule has 3 unspecified atom stereocenters. The first-order valence-electron chi connectivity index (χ1n) is 6.38. The average Bonchev–Trinajstić information content (AvgIpc) is 2.72. The zero-order valence-electron chi connectivity index (χ0n) is 11.2. The van der Waals surface area contributed by atoms with Gasteiger partial charge in [-0.25, -0.2) is 0 Å². The molecule has 2 heterocycles. The zero-order valence-corrected chi connectivity index (χ0v) is 11.2. The molecule has 0 aliphatic carbocycles. The topological polar surface area (TPSA) is 34.4 Å². The van der Waals surface area contributed by atoms with E-state index in [9.17, 15) is 0 Å². The van der Waals surface area contributed by atoms with Gasteiger partial charge in [0.2, 0.25) is 0 Å². The largest absolute Gasteiger partial charge is 0.467 e. The van der Waals surface area contributed by atoms with Crippen LogP contribution in [0, 0.1) is 5.41 Å². The highest BCUT2D eigenvalue weighted by Crippen LogP contribution is 2.31. The lowest BCUT2D eigenvalue weighted by Crippen LogP contribution is -2.47. The highest BCUT2D eigenvalue weighted by Gasteiger charge is 2.32. The summed E-state index contributed by atoms with van der Waals surface area (Å²) in [7, 11) is 0. The van der Waals surface area contributed by atoms with Crippen LogP contribution in [-0.4, -0.2) is 18.7 Å². The lowest BCUT2D eigenvalue weighted by molar-refractivity contribution is -0.0839. The van der Waals surface area contributed by atoms with Crippen LogP contribution in [0.3, 0.4) is 0 Å². The Morgan fingerprint density at radius 3 is 2.76 bits per heavy atom. The summed E-state index contributed by atoms with van der Waals surface area (Å²) in [5.41, 5.74) is 0.292. The van der Waals surface area contributed by atoms with E-state index in [0.29, 0.717) is 11.5 Å². The Bertz CT molecular complexity index is 340. The maximum Gasteiger partial charge on any atom is 0.134 e. The van der Waals surface area contributed by atoms with E-state index < -0.39 is 0 Å². The number of hydrogen-bond donors (Lipinski definition) is 1. The maximum atomic E-state index is 6.16. The van der Waals surface area contributed by atoms with E-state index in [-0.39, 0.29) is 12.2 Å². The lowest BCUT2D eigenvalue weighted by atomic mass is 9.88. The normalized spacial score (nSPS) is 30.5. The third-order valence-corrected chi connectivity index (χ3v) is 3.12. The molecule has 1 aromatic heterocycles. The van der Waals surface area contributed by atoms with Crippen molar-refractivity contribution in [1.29, 1.82) is 0 Å². The molecule has 0 radical (unpaired) electrons. The van der Waals surface area contributed by atoms with Gasteiger partial charge in [-0.2, -0.15) is 0 Å². The van der Waals surface area contributed by atoms with E-state index >= 15 is 0 Å². The van der Waals surface area contributed by atoms with Gasteiger partial charge in [-0.15, -0.1) is 0 Å². The smallest absolute Gasteiger partial charge is 0.134 e. The highest BCUT2D eigenvalue weighted by molar-refractivity contribution is 5.06. The predicted molar refractivity (Wildman–Crippen MR) is 67.9 cm³/mol. The molecule has 96 valence electrons. The Morgan fingerprint density at radius 1 is 1.41 bits per heavy atom. The summed E-state index contributed by atoms with van der Waals surface area (Å²) in [4.78, 5) is 0. The van der Waals surface area contributed by atoms with Crippen LogP contribution in [0.4, 0.5) is 0 Å². The van der Waals surface area contributed by atoms with Crippen LogP contribution >= 0.6 is 0 Å². The van der Waals surface area contributed by atoms with E-state index in [1.807, 2.05) is 12.1 Å². The molecule has 0 spiro atoms. The van der Waals surface area contributed by atoms with Gasteiger partial charge in [-0.05, 0) is 30.9 Å². The number of rotatable bonds is 2. The third-order valence-electron chi connectivity index (χ3n) is 3.12. The molecule has 0 amide bonds. The van der Waals surface area contributed by atoms with E-state index in [2.05, 4.69) is 33.0 Å². The first kappa shape index (κ1) is 12.7. The molecular weight excluding hydrogens is 214 g/mol. The highest BCUT2D eigenvalue weighted by atomic mass is 16.5. The fraction of sp³-hybridized carbons (Fsp3) is 0.714. The molecule has 1 fully saturated rings. The van der Waals surface area contributed by atoms with Crippen molar-refractivity contribution in [2.75, 3.05) is 6.54 Å². The fourth-order valence-electron chi connectivity index (χ4n) is 2.37. The molecule has 1 saturated heterocycles. The lowest BCUT2D eigenvalue weighted by Gasteiger charge is -2.37. The van der Waals surface area contributed by atoms with Gasteiger partial charge in [0.25, 0.3) is 0 Å². The first-order valence-corrected chi connectivity index (χ1v) is 6.38. The Kier molecular flexibility index (Phi) is 3.59. The van der Waals surface area contributed by atoms with Crippen LogP contribution in [-0.2, 0) is 4.74 Å². The standard InChI is InChI=1S/C14H23NO2/c1-10-13(12-6-5-7-16-12)17-11(9-15-10)8-14(2,3)4/h5-7,10-11,13,15H,8-9H2,1-4H3. The van der Waals surface area contributed by atoms with E-state index in [0.717, 1.165) is 18.7 Å². The Morgan fingerprint density at radius 2 is 2.18 bits per heavy atom. The molecule has 3 nitrogen and oxygen atoms in total. The molecule has 2 rings (SSSR count). The van der Waals surface area contributed by atoms with Crippen molar-refractivity contribution < 1.29 is 9.15 Å². The molecule has 1 N–H and O–H groups in total. The number of nitrogens with one attached hydrogen (secondary N) is 1. The number of hydrogen-bond acceptors (Lipinski definition) is 3. The maximum absolute atomic E-state index is 6.16. The van der Waals surface area contributed by atoms with Crippen molar-refractivity contribution in [3.8, 4) is 0 Å². The quantitative estimate of drug-likeness (QED) is 0.858. The third kappa shape index (κ3) is 3.33. The van der Waals surface area contributed by atoms with Crippen LogP contribution in [0.15, 0.2) is 22.8 Å². The van der Waals surface area contributed by atoms with Gasteiger partial charge in [-0.3, -0.25) is 0 Å². The monoisotopic (exact) mass is 237 g/mol. The molecule has 3 heteroatoms. The van der Waals surface area contributed by atoms with Crippen molar-refractivity contribution in [3.05, 3.63) is 24.2 Å². The average molecular weight is 237 g/mol. The van der Waals surface area contributed by atoms with Crippen molar-refractivity contribution >= 4 is 0 Å². The molecule has 3 atom stereocenters. The second-order valence-corrected chi connectivity index (χ2v) is 6.16. The molecule has 17 heavy (non-hydrogen) atoms. The number of furan rings is 1. The molecule has 0 bridgehead atoms. The summed E-state index contributed by atoms with van der Waals surface area (Å²) in [5.74, 6) is 0.920. The zero-order chi connectivity index (χ0) is 12.5. The van der Waals surface area contributed by atoms with Crippen LogP contribution in [0.2, 0.25) is 0 Å². The van der Waals surface area contributed by atoms with Crippen molar-refractivity contribution in [3.63, 3.8) is 0 Å². The van der Waals surface area contributed by atoms with Crippen LogP contribution in [0.25, 0.3) is 0 Å². The number of morpholine rings is 1. The summed E-state index contributed by atoms with van der Waals surface area (Å²) in [6, 6.07) is 4.21. The van der Waals surface area contributed by atoms with Crippen molar-refractivity contribution in [1.82, 2.24) is 5.32 Å². The molecule has 0 aromatic carbocycles. The minimum atomic E-state index is 0.0334. The van der Waals surface area contributed by atoms with Gasteiger partial charge in [0.05, 0.1) is 12.4 Å². The van der Waals surface area contributed by atoms with E-state index in [4.69, 9.17) is 9.15 Å². The second-order valence-electron chi connectivity index (χ2n) is 6.16. The van der Waals surface area contributed by atoms with E-state index in [1.54, 1.807) is 6.26 Å². The minimum Gasteiger partial charge on any atom is -0.467 e. The van der Waals surface area contributed by atoms with Gasteiger partial charge >= 0.3 is 0 Å². The number of ether oxygens (including phenoxy) is 1. The molecule has 1 aliphatic heterocycles. The van der Waals surface area contributed by atoms with Gasteiger partial charge in [0.15, 0.2) is 0 Å². The predicted octanol–water partition coefficient (Wildman–Crippen LogP) is 3.13.